The number of hydrogen-bond acceptors (Lipinski definition) is 4. The highest BCUT2D eigenvalue weighted by Gasteiger charge is 2.17. The van der Waals surface area contributed by atoms with E-state index in [2.05, 4.69) is 21.3 Å². The molecule has 2 aromatic carbocycles. The number of aromatic hydroxyl groups is 2. The predicted molar refractivity (Wildman–Crippen MR) is 152 cm³/mol. The highest BCUT2D eigenvalue weighted by Crippen LogP contribution is 2.36. The minimum Gasteiger partial charge on any atom is -0.504 e. The fourth-order valence-electron chi connectivity index (χ4n) is 3.61. The van der Waals surface area contributed by atoms with Crippen molar-refractivity contribution in [1.82, 2.24) is 10.6 Å². The Bertz CT molecular complexity index is 1100. The first-order valence-corrected chi connectivity index (χ1v) is 13.3. The molecule has 0 heterocycles. The smallest absolute Gasteiger partial charge is 0.319 e. The molecule has 1 saturated carbocycles. The highest BCUT2D eigenvalue weighted by atomic mass is 35.5. The van der Waals surface area contributed by atoms with Gasteiger partial charge in [-0.15, -0.1) is 0 Å². The van der Waals surface area contributed by atoms with E-state index in [0.717, 1.165) is 12.8 Å². The quantitative estimate of drug-likeness (QED) is 0.201. The van der Waals surface area contributed by atoms with E-state index in [4.69, 9.17) is 46.4 Å². The van der Waals surface area contributed by atoms with Crippen molar-refractivity contribution in [1.29, 1.82) is 0 Å². The van der Waals surface area contributed by atoms with Crippen LogP contribution in [0.4, 0.5) is 21.0 Å². The molecule has 1 aliphatic carbocycles. The summed E-state index contributed by atoms with van der Waals surface area (Å²) in [5, 5.41) is 30.8. The van der Waals surface area contributed by atoms with Gasteiger partial charge in [-0.1, -0.05) is 65.7 Å². The van der Waals surface area contributed by atoms with Crippen LogP contribution in [0, 0.1) is 5.92 Å². The Morgan fingerprint density at radius 2 is 1.27 bits per heavy atom. The third-order valence-electron chi connectivity index (χ3n) is 5.32. The second-order valence-corrected chi connectivity index (χ2v) is 11.4. The van der Waals surface area contributed by atoms with Gasteiger partial charge in [0.05, 0.1) is 21.4 Å². The molecule has 0 unspecified atom stereocenters. The summed E-state index contributed by atoms with van der Waals surface area (Å²) in [4.78, 5) is 23.4. The molecule has 37 heavy (non-hydrogen) atoms. The first-order chi connectivity index (χ1) is 17.2. The Morgan fingerprint density at radius 1 is 0.811 bits per heavy atom. The molecule has 1 aliphatic rings. The maximum absolute atomic E-state index is 11.8. The molecular weight excluding hydrogens is 562 g/mol. The summed E-state index contributed by atoms with van der Waals surface area (Å²) in [6.45, 7) is 6.19. The number of rotatable bonds is 4. The van der Waals surface area contributed by atoms with E-state index >= 15 is 0 Å². The van der Waals surface area contributed by atoms with Gasteiger partial charge in [-0.3, -0.25) is 0 Å². The number of nitrogens with one attached hydrogen (secondary N) is 4. The molecule has 12 heteroatoms. The summed E-state index contributed by atoms with van der Waals surface area (Å²) in [7, 11) is 0. The van der Waals surface area contributed by atoms with Crippen molar-refractivity contribution in [2.45, 2.75) is 58.4 Å². The van der Waals surface area contributed by atoms with Crippen molar-refractivity contribution in [2.75, 3.05) is 17.2 Å². The number of phenols is 2. The molecule has 0 spiro atoms. The van der Waals surface area contributed by atoms with Crippen molar-refractivity contribution in [3.63, 3.8) is 0 Å². The normalized spacial score (nSPS) is 13.7. The highest BCUT2D eigenvalue weighted by molar-refractivity contribution is 6.37. The molecule has 0 bridgehead atoms. The van der Waals surface area contributed by atoms with Crippen LogP contribution in [0.5, 0.6) is 11.5 Å². The van der Waals surface area contributed by atoms with Crippen LogP contribution in [0.2, 0.25) is 20.1 Å². The van der Waals surface area contributed by atoms with E-state index in [1.807, 2.05) is 20.8 Å². The Morgan fingerprint density at radius 3 is 1.73 bits per heavy atom. The molecule has 1 fully saturated rings. The molecule has 3 rings (SSSR count). The monoisotopic (exact) mass is 592 g/mol. The zero-order valence-corrected chi connectivity index (χ0v) is 23.9. The average molecular weight is 594 g/mol. The number of benzene rings is 2. The summed E-state index contributed by atoms with van der Waals surface area (Å²) in [6.07, 6.45) is 6.08. The lowest BCUT2D eigenvalue weighted by atomic mass is 9.89. The lowest BCUT2D eigenvalue weighted by molar-refractivity contribution is 0.243. The van der Waals surface area contributed by atoms with Gasteiger partial charge in [-0.2, -0.15) is 0 Å². The van der Waals surface area contributed by atoms with Gasteiger partial charge in [0.15, 0.2) is 11.5 Å². The molecule has 2 aromatic rings. The van der Waals surface area contributed by atoms with Gasteiger partial charge < -0.3 is 31.5 Å². The predicted octanol–water partition coefficient (Wildman–Crippen LogP) is 8.02. The van der Waals surface area contributed by atoms with Gasteiger partial charge in [0.1, 0.15) is 0 Å². The molecule has 0 saturated heterocycles. The SMILES string of the molecule is CC(C)(C)NC(=O)Nc1cc(Cl)cc(Cl)c1O.O=C(NCC1CCCCC1)Nc1cc(Cl)cc(Cl)c1O. The molecule has 0 atom stereocenters. The van der Waals surface area contributed by atoms with Gasteiger partial charge >= 0.3 is 12.1 Å². The van der Waals surface area contributed by atoms with E-state index in [0.29, 0.717) is 22.5 Å². The number of anilines is 2. The fraction of sp³-hybridized carbons (Fsp3) is 0.440. The van der Waals surface area contributed by atoms with Crippen LogP contribution in [0.3, 0.4) is 0 Å². The topological polar surface area (TPSA) is 123 Å². The molecule has 0 aliphatic heterocycles. The number of phenolic OH excluding ortho intramolecular Hbond substituents is 2. The Kier molecular flexibility index (Phi) is 11.8. The zero-order chi connectivity index (χ0) is 27.8. The lowest BCUT2D eigenvalue weighted by Gasteiger charge is -2.21. The Balaban J connectivity index is 0.000000264. The van der Waals surface area contributed by atoms with E-state index in [1.165, 1.54) is 43.5 Å². The van der Waals surface area contributed by atoms with E-state index in [1.54, 1.807) is 0 Å². The first-order valence-electron chi connectivity index (χ1n) is 11.7. The second-order valence-electron chi connectivity index (χ2n) is 9.74. The van der Waals surface area contributed by atoms with Crippen LogP contribution in [0.15, 0.2) is 24.3 Å². The third-order valence-corrected chi connectivity index (χ3v) is 6.33. The molecule has 4 amide bonds. The second kappa shape index (κ2) is 14.0. The number of carbonyl (C=O) groups is 2. The van der Waals surface area contributed by atoms with Gasteiger partial charge in [-0.25, -0.2) is 9.59 Å². The van der Waals surface area contributed by atoms with E-state index in [9.17, 15) is 19.8 Å². The average Bonchev–Trinajstić information content (AvgIpc) is 2.79. The molecule has 0 aromatic heterocycles. The largest absolute Gasteiger partial charge is 0.504 e. The van der Waals surface area contributed by atoms with Gasteiger partial charge in [0.25, 0.3) is 0 Å². The van der Waals surface area contributed by atoms with Crippen molar-refractivity contribution in [3.05, 3.63) is 44.4 Å². The Hall–Kier alpha value is -2.26. The number of halogens is 4. The van der Waals surface area contributed by atoms with Crippen LogP contribution >= 0.6 is 46.4 Å². The summed E-state index contributed by atoms with van der Waals surface area (Å²) in [5.74, 6) is 0.162. The summed E-state index contributed by atoms with van der Waals surface area (Å²) >= 11 is 23.1. The van der Waals surface area contributed by atoms with Crippen LogP contribution < -0.4 is 21.3 Å². The zero-order valence-electron chi connectivity index (χ0n) is 20.9. The van der Waals surface area contributed by atoms with E-state index in [-0.39, 0.29) is 44.5 Å². The first kappa shape index (κ1) is 31.0. The standard InChI is InChI=1S/C14H18Cl2N2O2.C11H14Cl2N2O2/c15-10-6-11(16)13(19)12(7-10)18-14(20)17-8-9-4-2-1-3-5-9;1-11(2,3)15-10(17)14-8-5-6(12)4-7(13)9(8)16/h6-7,9,19H,1-5,8H2,(H2,17,18,20);4-5,16H,1-3H3,(H2,14,15,17). The maximum Gasteiger partial charge on any atom is 0.319 e. The molecule has 204 valence electrons. The molecular formula is C25H32Cl4N4O4. The van der Waals surface area contributed by atoms with Crippen molar-refractivity contribution in [2.24, 2.45) is 5.92 Å². The van der Waals surface area contributed by atoms with Crippen molar-refractivity contribution in [3.8, 4) is 11.5 Å². The van der Waals surface area contributed by atoms with Gasteiger partial charge in [0.2, 0.25) is 0 Å². The molecule has 6 N–H and O–H groups in total. The Labute approximate surface area is 237 Å². The fourth-order valence-corrected chi connectivity index (χ4v) is 4.60. The van der Waals surface area contributed by atoms with Gasteiger partial charge in [0, 0.05) is 22.1 Å². The van der Waals surface area contributed by atoms with Crippen LogP contribution in [0.1, 0.15) is 52.9 Å². The molecule has 8 nitrogen and oxygen atoms in total. The van der Waals surface area contributed by atoms with Gasteiger partial charge in [-0.05, 0) is 63.8 Å². The van der Waals surface area contributed by atoms with Crippen LogP contribution in [0.25, 0.3) is 0 Å². The minimum absolute atomic E-state index is 0.0866. The summed E-state index contributed by atoms with van der Waals surface area (Å²) in [5.41, 5.74) is 0.00936. The number of amides is 4. The number of hydrogen-bond donors (Lipinski definition) is 6. The minimum atomic E-state index is -0.439. The van der Waals surface area contributed by atoms with E-state index < -0.39 is 6.03 Å². The summed E-state index contributed by atoms with van der Waals surface area (Å²) in [6, 6.07) is 4.90. The number of urea groups is 2. The van der Waals surface area contributed by atoms with Crippen LogP contribution in [-0.2, 0) is 0 Å². The molecule has 0 radical (unpaired) electrons. The lowest BCUT2D eigenvalue weighted by Crippen LogP contribution is -2.43. The summed E-state index contributed by atoms with van der Waals surface area (Å²) < 4.78 is 0. The van der Waals surface area contributed by atoms with Crippen molar-refractivity contribution >= 4 is 69.8 Å². The third kappa shape index (κ3) is 10.9. The van der Waals surface area contributed by atoms with Crippen LogP contribution in [-0.4, -0.2) is 34.4 Å². The number of carbonyl (C=O) groups excluding carboxylic acids is 2. The van der Waals surface area contributed by atoms with Crippen molar-refractivity contribution < 1.29 is 19.8 Å². The maximum atomic E-state index is 11.8.